The Morgan fingerprint density at radius 1 is 1.23 bits per heavy atom. The molecule has 118 valence electrons. The van der Waals surface area contributed by atoms with Crippen molar-refractivity contribution >= 4 is 17.4 Å². The van der Waals surface area contributed by atoms with Gasteiger partial charge in [0.15, 0.2) is 12.4 Å². The molecule has 0 saturated heterocycles. The number of carbonyl (C=O) groups is 2. The molecular weight excluding hydrogens is 282 g/mol. The maximum absolute atomic E-state index is 12.1. The normalized spacial score (nSPS) is 17.5. The molecule has 5 nitrogen and oxygen atoms in total. The van der Waals surface area contributed by atoms with E-state index in [2.05, 4.69) is 24.7 Å². The monoisotopic (exact) mass is 303 g/mol. The number of methoxy groups -OCH3 is 1. The van der Waals surface area contributed by atoms with Crippen molar-refractivity contribution in [2.75, 3.05) is 32.3 Å². The topological polar surface area (TPSA) is 55.8 Å². The second-order valence-corrected chi connectivity index (χ2v) is 5.79. The van der Waals surface area contributed by atoms with E-state index in [4.69, 9.17) is 4.74 Å². The SMILES string of the molecule is COCC(=O)OCC(=O)/C=C1/N(C)c2ccccc2C1(C)C. The predicted molar refractivity (Wildman–Crippen MR) is 83.8 cm³/mol. The fourth-order valence-electron chi connectivity index (χ4n) is 2.76. The molecule has 1 aliphatic heterocycles. The van der Waals surface area contributed by atoms with Crippen molar-refractivity contribution in [2.45, 2.75) is 19.3 Å². The average Bonchev–Trinajstić information content (AvgIpc) is 2.67. The fourth-order valence-corrected chi connectivity index (χ4v) is 2.76. The molecule has 0 bridgehead atoms. The van der Waals surface area contributed by atoms with Crippen LogP contribution in [0.3, 0.4) is 0 Å². The highest BCUT2D eigenvalue weighted by Crippen LogP contribution is 2.46. The van der Waals surface area contributed by atoms with E-state index < -0.39 is 5.97 Å². The number of allylic oxidation sites excluding steroid dienone is 1. The van der Waals surface area contributed by atoms with E-state index in [0.29, 0.717) is 0 Å². The molecule has 1 aromatic carbocycles. The lowest BCUT2D eigenvalue weighted by Crippen LogP contribution is -2.25. The second-order valence-electron chi connectivity index (χ2n) is 5.79. The predicted octanol–water partition coefficient (Wildman–Crippen LogP) is 2.06. The molecule has 0 saturated carbocycles. The van der Waals surface area contributed by atoms with Gasteiger partial charge in [-0.1, -0.05) is 32.0 Å². The lowest BCUT2D eigenvalue weighted by molar-refractivity contribution is -0.150. The third-order valence-corrected chi connectivity index (χ3v) is 3.88. The molecule has 0 fully saturated rings. The highest BCUT2D eigenvalue weighted by Gasteiger charge is 2.38. The van der Waals surface area contributed by atoms with Crippen molar-refractivity contribution in [3.8, 4) is 0 Å². The molecule has 0 N–H and O–H groups in total. The van der Waals surface area contributed by atoms with Crippen LogP contribution in [0.4, 0.5) is 5.69 Å². The van der Waals surface area contributed by atoms with Crippen LogP contribution in [0.25, 0.3) is 0 Å². The van der Waals surface area contributed by atoms with E-state index in [9.17, 15) is 9.59 Å². The third kappa shape index (κ3) is 3.04. The van der Waals surface area contributed by atoms with Crippen LogP contribution in [0.1, 0.15) is 19.4 Å². The summed E-state index contributed by atoms with van der Waals surface area (Å²) in [6, 6.07) is 8.06. The van der Waals surface area contributed by atoms with E-state index in [-0.39, 0.29) is 24.4 Å². The summed E-state index contributed by atoms with van der Waals surface area (Å²) in [6.45, 7) is 3.73. The van der Waals surface area contributed by atoms with Crippen LogP contribution in [0, 0.1) is 0 Å². The number of ether oxygens (including phenoxy) is 2. The molecule has 2 rings (SSSR count). The summed E-state index contributed by atoms with van der Waals surface area (Å²) in [7, 11) is 3.34. The summed E-state index contributed by atoms with van der Waals surface area (Å²) in [5, 5.41) is 0. The van der Waals surface area contributed by atoms with Crippen molar-refractivity contribution in [3.63, 3.8) is 0 Å². The molecule has 0 radical (unpaired) electrons. The Bertz CT molecular complexity index is 619. The van der Waals surface area contributed by atoms with Gasteiger partial charge in [0.05, 0.1) is 0 Å². The zero-order chi connectivity index (χ0) is 16.3. The number of ketones is 1. The molecule has 0 atom stereocenters. The first-order valence-corrected chi connectivity index (χ1v) is 7.10. The van der Waals surface area contributed by atoms with Crippen LogP contribution < -0.4 is 4.90 Å². The highest BCUT2D eigenvalue weighted by molar-refractivity contribution is 5.94. The first-order chi connectivity index (χ1) is 10.4. The third-order valence-electron chi connectivity index (χ3n) is 3.88. The Morgan fingerprint density at radius 3 is 2.55 bits per heavy atom. The number of esters is 1. The Morgan fingerprint density at radius 2 is 1.91 bits per heavy atom. The maximum Gasteiger partial charge on any atom is 0.332 e. The maximum atomic E-state index is 12.1. The van der Waals surface area contributed by atoms with E-state index in [1.807, 2.05) is 30.1 Å². The van der Waals surface area contributed by atoms with Gasteiger partial charge in [0.1, 0.15) is 6.61 Å². The van der Waals surface area contributed by atoms with Crippen molar-refractivity contribution in [1.82, 2.24) is 0 Å². The first kappa shape index (κ1) is 16.2. The van der Waals surface area contributed by atoms with Gasteiger partial charge in [0.25, 0.3) is 0 Å². The van der Waals surface area contributed by atoms with Crippen LogP contribution in [0.15, 0.2) is 36.0 Å². The quantitative estimate of drug-likeness (QED) is 0.615. The summed E-state index contributed by atoms with van der Waals surface area (Å²) in [4.78, 5) is 25.3. The van der Waals surface area contributed by atoms with Crippen LogP contribution in [0.5, 0.6) is 0 Å². The molecule has 1 aromatic rings. The molecular formula is C17H21NO4. The summed E-state index contributed by atoms with van der Waals surface area (Å²) in [5.41, 5.74) is 2.88. The summed E-state index contributed by atoms with van der Waals surface area (Å²) >= 11 is 0. The van der Waals surface area contributed by atoms with Gasteiger partial charge in [-0.15, -0.1) is 0 Å². The zero-order valence-corrected chi connectivity index (χ0v) is 13.4. The highest BCUT2D eigenvalue weighted by atomic mass is 16.6. The largest absolute Gasteiger partial charge is 0.456 e. The van der Waals surface area contributed by atoms with Crippen LogP contribution >= 0.6 is 0 Å². The smallest absolute Gasteiger partial charge is 0.332 e. The molecule has 0 aromatic heterocycles. The van der Waals surface area contributed by atoms with Gasteiger partial charge in [-0.05, 0) is 11.6 Å². The first-order valence-electron chi connectivity index (χ1n) is 7.10. The number of benzene rings is 1. The minimum absolute atomic E-state index is 0.152. The molecule has 0 unspecified atom stereocenters. The van der Waals surface area contributed by atoms with Crippen molar-refractivity contribution in [2.24, 2.45) is 0 Å². The van der Waals surface area contributed by atoms with E-state index in [1.54, 1.807) is 6.08 Å². The molecule has 1 aliphatic rings. The zero-order valence-electron chi connectivity index (χ0n) is 13.4. The summed E-state index contributed by atoms with van der Waals surface area (Å²) in [5.74, 6) is -0.788. The fraction of sp³-hybridized carbons (Fsp3) is 0.412. The van der Waals surface area contributed by atoms with Crippen LogP contribution in [-0.4, -0.2) is 39.1 Å². The molecule has 22 heavy (non-hydrogen) atoms. The number of fused-ring (bicyclic) bond motifs is 1. The number of rotatable bonds is 5. The average molecular weight is 303 g/mol. The number of hydrogen-bond donors (Lipinski definition) is 0. The van der Waals surface area contributed by atoms with Gasteiger partial charge in [-0.2, -0.15) is 0 Å². The van der Waals surface area contributed by atoms with Gasteiger partial charge < -0.3 is 14.4 Å². The molecule has 5 heteroatoms. The van der Waals surface area contributed by atoms with E-state index >= 15 is 0 Å². The molecule has 0 aliphatic carbocycles. The van der Waals surface area contributed by atoms with Gasteiger partial charge in [-0.25, -0.2) is 4.79 Å². The van der Waals surface area contributed by atoms with Gasteiger partial charge >= 0.3 is 5.97 Å². The Kier molecular flexibility index (Phi) is 4.66. The Hall–Kier alpha value is -2.14. The van der Waals surface area contributed by atoms with Crippen molar-refractivity contribution in [3.05, 3.63) is 41.6 Å². The number of carbonyl (C=O) groups excluding carboxylic acids is 2. The van der Waals surface area contributed by atoms with E-state index in [0.717, 1.165) is 11.4 Å². The molecule has 1 heterocycles. The van der Waals surface area contributed by atoms with E-state index in [1.165, 1.54) is 12.7 Å². The summed E-state index contributed by atoms with van der Waals surface area (Å²) < 4.78 is 9.51. The lowest BCUT2D eigenvalue weighted by atomic mass is 9.83. The minimum Gasteiger partial charge on any atom is -0.456 e. The molecule has 0 spiro atoms. The van der Waals surface area contributed by atoms with Crippen LogP contribution in [-0.2, 0) is 24.5 Å². The van der Waals surface area contributed by atoms with Crippen molar-refractivity contribution < 1.29 is 19.1 Å². The number of likely N-dealkylation sites (N-methyl/N-ethyl adjacent to an activating group) is 1. The van der Waals surface area contributed by atoms with Crippen LogP contribution in [0.2, 0.25) is 0 Å². The van der Waals surface area contributed by atoms with Gasteiger partial charge in [0.2, 0.25) is 0 Å². The van der Waals surface area contributed by atoms with Gasteiger partial charge in [-0.3, -0.25) is 4.79 Å². The number of anilines is 1. The number of nitrogens with zero attached hydrogens (tertiary/aromatic N) is 1. The lowest BCUT2D eigenvalue weighted by Gasteiger charge is -2.23. The standard InChI is InChI=1S/C17H21NO4/c1-17(2)13-7-5-6-8-14(13)18(3)15(17)9-12(19)10-22-16(20)11-21-4/h5-9H,10-11H2,1-4H3/b15-9+. The number of para-hydroxylation sites is 1. The number of hydrogen-bond acceptors (Lipinski definition) is 5. The Balaban J connectivity index is 2.15. The second kappa shape index (κ2) is 6.32. The minimum atomic E-state index is -0.545. The van der Waals surface area contributed by atoms with Gasteiger partial charge in [0, 0.05) is 37.0 Å². The summed E-state index contributed by atoms with van der Waals surface area (Å²) in [6.07, 6.45) is 1.56. The molecule has 0 amide bonds. The van der Waals surface area contributed by atoms with Crippen molar-refractivity contribution in [1.29, 1.82) is 0 Å². The Labute approximate surface area is 130 Å².